The smallest absolute Gasteiger partial charge is 0.320 e. The lowest BCUT2D eigenvalue weighted by Gasteiger charge is -2.28. The normalized spacial score (nSPS) is 29.0. The molecule has 1 fully saturated rings. The van der Waals surface area contributed by atoms with E-state index in [9.17, 15) is 4.79 Å². The fraction of sp³-hybridized carbons (Fsp3) is 0.900. The van der Waals surface area contributed by atoms with Crippen molar-refractivity contribution in [3.63, 3.8) is 0 Å². The van der Waals surface area contributed by atoms with E-state index >= 15 is 0 Å². The Hall–Kier alpha value is -0.280. The van der Waals surface area contributed by atoms with Gasteiger partial charge in [-0.25, -0.2) is 0 Å². The van der Waals surface area contributed by atoms with Crippen molar-refractivity contribution in [2.75, 3.05) is 0 Å². The number of rotatable bonds is 3. The standard InChI is InChI=1S/C10H19NO2.ClH/c1-7-4-3-5-9(6-7)11-8(2)10(12)13;/h7-9,11H,3-6H2,1-2H3,(H,12,13);1H/t7?,8-,9?;/m0./s1. The Bertz CT molecular complexity index is 187. The number of carboxylic acid groups (broad SMARTS) is 1. The van der Waals surface area contributed by atoms with Crippen molar-refractivity contribution in [1.29, 1.82) is 0 Å². The van der Waals surface area contributed by atoms with Gasteiger partial charge in [0.1, 0.15) is 6.04 Å². The van der Waals surface area contributed by atoms with Crippen LogP contribution in [0.5, 0.6) is 0 Å². The van der Waals surface area contributed by atoms with Gasteiger partial charge in [-0.05, 0) is 25.7 Å². The first-order chi connectivity index (χ1) is 6.09. The molecule has 1 aliphatic rings. The summed E-state index contributed by atoms with van der Waals surface area (Å²) in [5, 5.41) is 11.9. The molecule has 0 saturated heterocycles. The van der Waals surface area contributed by atoms with E-state index in [0.29, 0.717) is 6.04 Å². The van der Waals surface area contributed by atoms with Crippen LogP contribution in [0.15, 0.2) is 0 Å². The summed E-state index contributed by atoms with van der Waals surface area (Å²) in [7, 11) is 0. The third-order valence-corrected chi connectivity index (χ3v) is 2.79. The molecular weight excluding hydrogens is 202 g/mol. The fourth-order valence-electron chi connectivity index (χ4n) is 2.01. The Kier molecular flexibility index (Phi) is 6.12. The Labute approximate surface area is 91.7 Å². The summed E-state index contributed by atoms with van der Waals surface area (Å²) in [5.74, 6) is -0.00882. The molecule has 0 spiro atoms. The molecule has 0 radical (unpaired) electrons. The molecule has 0 aliphatic heterocycles. The molecular formula is C10H20ClNO2. The van der Waals surface area contributed by atoms with E-state index in [4.69, 9.17) is 5.11 Å². The summed E-state index contributed by atoms with van der Waals surface area (Å²) < 4.78 is 0. The lowest BCUT2D eigenvalue weighted by atomic mass is 9.87. The van der Waals surface area contributed by atoms with Crippen molar-refractivity contribution in [1.82, 2.24) is 5.32 Å². The van der Waals surface area contributed by atoms with Crippen LogP contribution in [-0.2, 0) is 4.79 Å². The van der Waals surface area contributed by atoms with E-state index < -0.39 is 12.0 Å². The van der Waals surface area contributed by atoms with E-state index in [2.05, 4.69) is 12.2 Å². The second-order valence-corrected chi connectivity index (χ2v) is 4.20. The third kappa shape index (κ3) is 4.29. The van der Waals surface area contributed by atoms with Gasteiger partial charge in [-0.1, -0.05) is 19.8 Å². The summed E-state index contributed by atoms with van der Waals surface area (Å²) in [6.07, 6.45) is 4.77. The molecule has 0 bridgehead atoms. The molecule has 1 aliphatic carbocycles. The monoisotopic (exact) mass is 221 g/mol. The van der Waals surface area contributed by atoms with Crippen LogP contribution in [-0.4, -0.2) is 23.2 Å². The van der Waals surface area contributed by atoms with E-state index in [0.717, 1.165) is 18.8 Å². The minimum Gasteiger partial charge on any atom is -0.480 e. The second kappa shape index (κ2) is 6.25. The zero-order valence-corrected chi connectivity index (χ0v) is 9.64. The maximum Gasteiger partial charge on any atom is 0.320 e. The minimum atomic E-state index is -0.752. The van der Waals surface area contributed by atoms with Crippen molar-refractivity contribution in [3.8, 4) is 0 Å². The van der Waals surface area contributed by atoms with Gasteiger partial charge in [-0.15, -0.1) is 12.4 Å². The molecule has 1 saturated carbocycles. The first kappa shape index (κ1) is 13.7. The summed E-state index contributed by atoms with van der Waals surface area (Å²) in [6.45, 7) is 3.95. The molecule has 84 valence electrons. The van der Waals surface area contributed by atoms with Gasteiger partial charge in [0, 0.05) is 6.04 Å². The highest BCUT2D eigenvalue weighted by Gasteiger charge is 2.22. The Morgan fingerprint density at radius 1 is 1.50 bits per heavy atom. The second-order valence-electron chi connectivity index (χ2n) is 4.20. The maximum atomic E-state index is 10.6. The quantitative estimate of drug-likeness (QED) is 0.767. The number of nitrogens with one attached hydrogen (secondary N) is 1. The van der Waals surface area contributed by atoms with Crippen LogP contribution in [0.1, 0.15) is 39.5 Å². The van der Waals surface area contributed by atoms with Crippen LogP contribution in [0.3, 0.4) is 0 Å². The van der Waals surface area contributed by atoms with E-state index in [1.54, 1.807) is 6.92 Å². The molecule has 2 unspecified atom stereocenters. The van der Waals surface area contributed by atoms with Gasteiger partial charge in [0.15, 0.2) is 0 Å². The average Bonchev–Trinajstić information content (AvgIpc) is 2.04. The predicted molar refractivity (Wildman–Crippen MR) is 58.9 cm³/mol. The SMILES string of the molecule is CC1CCCC(N[C@@H](C)C(=O)O)C1.Cl. The van der Waals surface area contributed by atoms with Crippen LogP contribution >= 0.6 is 12.4 Å². The molecule has 0 aromatic heterocycles. The predicted octanol–water partition coefficient (Wildman–Crippen LogP) is 2.05. The Morgan fingerprint density at radius 3 is 2.64 bits per heavy atom. The number of carboxylic acids is 1. The van der Waals surface area contributed by atoms with Gasteiger partial charge in [0.05, 0.1) is 0 Å². The van der Waals surface area contributed by atoms with Gasteiger partial charge >= 0.3 is 5.97 Å². The minimum absolute atomic E-state index is 0. The van der Waals surface area contributed by atoms with Crippen LogP contribution in [0.25, 0.3) is 0 Å². The lowest BCUT2D eigenvalue weighted by Crippen LogP contribution is -2.43. The van der Waals surface area contributed by atoms with Crippen LogP contribution in [0.2, 0.25) is 0 Å². The first-order valence-electron chi connectivity index (χ1n) is 5.08. The highest BCUT2D eigenvalue weighted by Crippen LogP contribution is 2.23. The summed E-state index contributed by atoms with van der Waals surface area (Å²) in [6, 6.07) is 0.00477. The zero-order chi connectivity index (χ0) is 9.84. The largest absolute Gasteiger partial charge is 0.480 e. The fourth-order valence-corrected chi connectivity index (χ4v) is 2.01. The Balaban J connectivity index is 0.00000169. The first-order valence-corrected chi connectivity index (χ1v) is 5.08. The number of carbonyl (C=O) groups is 1. The molecule has 2 N–H and O–H groups in total. The molecule has 0 aromatic rings. The van der Waals surface area contributed by atoms with Gasteiger partial charge in [0.25, 0.3) is 0 Å². The van der Waals surface area contributed by atoms with E-state index in [-0.39, 0.29) is 12.4 Å². The van der Waals surface area contributed by atoms with Gasteiger partial charge < -0.3 is 10.4 Å². The molecule has 0 aromatic carbocycles. The third-order valence-electron chi connectivity index (χ3n) is 2.79. The number of halogens is 1. The zero-order valence-electron chi connectivity index (χ0n) is 8.82. The molecule has 3 atom stereocenters. The van der Waals surface area contributed by atoms with Crippen molar-refractivity contribution < 1.29 is 9.90 Å². The topological polar surface area (TPSA) is 49.3 Å². The van der Waals surface area contributed by atoms with Crippen molar-refractivity contribution >= 4 is 18.4 Å². The van der Waals surface area contributed by atoms with E-state index in [1.807, 2.05) is 0 Å². The van der Waals surface area contributed by atoms with Crippen LogP contribution < -0.4 is 5.32 Å². The van der Waals surface area contributed by atoms with Gasteiger partial charge in [-0.3, -0.25) is 4.79 Å². The molecule has 0 heterocycles. The highest BCUT2D eigenvalue weighted by atomic mass is 35.5. The molecule has 14 heavy (non-hydrogen) atoms. The van der Waals surface area contributed by atoms with E-state index in [1.165, 1.54) is 12.8 Å². The van der Waals surface area contributed by atoms with Gasteiger partial charge in [0.2, 0.25) is 0 Å². The van der Waals surface area contributed by atoms with Crippen LogP contribution in [0, 0.1) is 5.92 Å². The molecule has 3 nitrogen and oxygen atoms in total. The molecule has 1 rings (SSSR count). The molecule has 0 amide bonds. The summed E-state index contributed by atoms with van der Waals surface area (Å²) in [5.41, 5.74) is 0. The maximum absolute atomic E-state index is 10.6. The van der Waals surface area contributed by atoms with Crippen LogP contribution in [0.4, 0.5) is 0 Å². The lowest BCUT2D eigenvalue weighted by molar-refractivity contribution is -0.139. The molecule has 4 heteroatoms. The average molecular weight is 222 g/mol. The number of hydrogen-bond donors (Lipinski definition) is 2. The number of aliphatic carboxylic acids is 1. The number of hydrogen-bond acceptors (Lipinski definition) is 2. The van der Waals surface area contributed by atoms with Crippen molar-refractivity contribution in [3.05, 3.63) is 0 Å². The van der Waals surface area contributed by atoms with Crippen molar-refractivity contribution in [2.45, 2.75) is 51.6 Å². The van der Waals surface area contributed by atoms with Gasteiger partial charge in [-0.2, -0.15) is 0 Å². The summed E-state index contributed by atoms with van der Waals surface area (Å²) >= 11 is 0. The Morgan fingerprint density at radius 2 is 2.14 bits per heavy atom. The van der Waals surface area contributed by atoms with Crippen molar-refractivity contribution in [2.24, 2.45) is 5.92 Å². The summed E-state index contributed by atoms with van der Waals surface area (Å²) in [4.78, 5) is 10.6. The highest BCUT2D eigenvalue weighted by molar-refractivity contribution is 5.85.